The lowest BCUT2D eigenvalue weighted by atomic mass is 10.1. The number of urea groups is 1. The average molecular weight is 410 g/mol. The molecule has 0 saturated carbocycles. The number of ether oxygens (including phenoxy) is 2. The Morgan fingerprint density at radius 1 is 1.17 bits per heavy atom. The van der Waals surface area contributed by atoms with Gasteiger partial charge in [-0.3, -0.25) is 0 Å². The second-order valence-electron chi connectivity index (χ2n) is 7.18. The van der Waals surface area contributed by atoms with Crippen LogP contribution in [-0.4, -0.2) is 61.4 Å². The van der Waals surface area contributed by atoms with Gasteiger partial charge >= 0.3 is 6.03 Å². The predicted molar refractivity (Wildman–Crippen MR) is 114 cm³/mol. The molecule has 2 fully saturated rings. The van der Waals surface area contributed by atoms with E-state index in [0.717, 1.165) is 53.6 Å². The first-order valence-electron chi connectivity index (χ1n) is 9.74. The maximum absolute atomic E-state index is 12.6. The number of carbonyl (C=O) groups is 1. The van der Waals surface area contributed by atoms with Crippen LogP contribution in [0.15, 0.2) is 48.0 Å². The molecule has 8 heteroatoms. The third kappa shape index (κ3) is 3.86. The lowest BCUT2D eigenvalue weighted by molar-refractivity contribution is 0.0502. The number of fused-ring (bicyclic) bond motifs is 1. The number of amides is 2. The van der Waals surface area contributed by atoms with E-state index in [-0.39, 0.29) is 12.1 Å². The average Bonchev–Trinajstić information content (AvgIpc) is 3.21. The van der Waals surface area contributed by atoms with Gasteiger partial charge in [-0.15, -0.1) is 11.3 Å². The van der Waals surface area contributed by atoms with E-state index in [1.54, 1.807) is 16.2 Å². The van der Waals surface area contributed by atoms with Crippen molar-refractivity contribution >= 4 is 39.0 Å². The molecule has 3 heterocycles. The topological polar surface area (TPSA) is 66.9 Å². The fraction of sp³-hybridized carbons (Fsp3) is 0.333. The van der Waals surface area contributed by atoms with E-state index >= 15 is 0 Å². The Morgan fingerprint density at radius 3 is 2.86 bits per heavy atom. The highest BCUT2D eigenvalue weighted by Gasteiger charge is 2.33. The fourth-order valence-corrected chi connectivity index (χ4v) is 4.31. The lowest BCUT2D eigenvalue weighted by Crippen LogP contribution is -2.57. The number of nitrogens with one attached hydrogen (secondary N) is 1. The molecule has 0 unspecified atom stereocenters. The van der Waals surface area contributed by atoms with Crippen molar-refractivity contribution in [3.05, 3.63) is 48.0 Å². The fourth-order valence-electron chi connectivity index (χ4n) is 3.62. The molecule has 0 bridgehead atoms. The van der Waals surface area contributed by atoms with Gasteiger partial charge in [-0.05, 0) is 30.3 Å². The number of nitrogens with zero attached hydrogens (tertiary/aromatic N) is 3. The number of thiazole rings is 1. The Bertz CT molecular complexity index is 1010. The Kier molecular flexibility index (Phi) is 4.95. The number of aromatic nitrogens is 1. The molecule has 3 aromatic rings. The van der Waals surface area contributed by atoms with Gasteiger partial charge in [0.2, 0.25) is 0 Å². The first kappa shape index (κ1) is 18.2. The van der Waals surface area contributed by atoms with Gasteiger partial charge in [-0.2, -0.15) is 0 Å². The highest BCUT2D eigenvalue weighted by molar-refractivity contribution is 7.16. The summed E-state index contributed by atoms with van der Waals surface area (Å²) in [6.45, 7) is 4.34. The van der Waals surface area contributed by atoms with Gasteiger partial charge in [0.15, 0.2) is 0 Å². The molecular formula is C21H22N4O3S. The van der Waals surface area contributed by atoms with E-state index in [0.29, 0.717) is 13.1 Å². The molecule has 2 amide bonds. The molecule has 1 N–H and O–H groups in total. The minimum absolute atomic E-state index is 0.00673. The van der Waals surface area contributed by atoms with Gasteiger partial charge in [0.05, 0.1) is 36.5 Å². The van der Waals surface area contributed by atoms with Crippen LogP contribution in [0.1, 0.15) is 0 Å². The second-order valence-corrected chi connectivity index (χ2v) is 8.07. The summed E-state index contributed by atoms with van der Waals surface area (Å²) < 4.78 is 12.6. The summed E-state index contributed by atoms with van der Waals surface area (Å²) in [6.07, 6.45) is -0.00673. The summed E-state index contributed by atoms with van der Waals surface area (Å²) in [5.41, 5.74) is 4.62. The third-order valence-corrected chi connectivity index (χ3v) is 6.02. The van der Waals surface area contributed by atoms with E-state index in [1.165, 1.54) is 0 Å². The number of morpholine rings is 1. The summed E-state index contributed by atoms with van der Waals surface area (Å²) in [5, 5.41) is 3.00. The SMILES string of the molecule is O=C(Nc1cccc(N2CCOCC2)c1)N1CC(Oc2cccc3scnc23)C1. The van der Waals surface area contributed by atoms with Crippen LogP contribution in [0, 0.1) is 0 Å². The molecule has 0 atom stereocenters. The minimum Gasteiger partial charge on any atom is -0.484 e. The maximum Gasteiger partial charge on any atom is 0.322 e. The number of para-hydroxylation sites is 1. The minimum atomic E-state index is -0.101. The van der Waals surface area contributed by atoms with Crippen LogP contribution in [0.2, 0.25) is 0 Å². The van der Waals surface area contributed by atoms with E-state index in [9.17, 15) is 4.79 Å². The monoisotopic (exact) mass is 410 g/mol. The number of benzene rings is 2. The number of carbonyl (C=O) groups excluding carboxylic acids is 1. The third-order valence-electron chi connectivity index (χ3n) is 5.23. The zero-order chi connectivity index (χ0) is 19.6. The van der Waals surface area contributed by atoms with Crippen LogP contribution in [0.25, 0.3) is 10.2 Å². The number of hydrogen-bond donors (Lipinski definition) is 1. The van der Waals surface area contributed by atoms with Gasteiger partial charge in [-0.1, -0.05) is 12.1 Å². The Morgan fingerprint density at radius 2 is 2.00 bits per heavy atom. The zero-order valence-corrected chi connectivity index (χ0v) is 16.7. The predicted octanol–water partition coefficient (Wildman–Crippen LogP) is 3.43. The van der Waals surface area contributed by atoms with Crippen LogP contribution < -0.4 is 15.0 Å². The van der Waals surface area contributed by atoms with Crippen molar-refractivity contribution in [1.29, 1.82) is 0 Å². The molecule has 2 saturated heterocycles. The number of anilines is 2. The van der Waals surface area contributed by atoms with E-state index in [1.807, 2.05) is 41.9 Å². The summed E-state index contributed by atoms with van der Waals surface area (Å²) >= 11 is 1.60. The molecule has 150 valence electrons. The summed E-state index contributed by atoms with van der Waals surface area (Å²) in [7, 11) is 0. The Balaban J connectivity index is 1.16. The van der Waals surface area contributed by atoms with Crippen molar-refractivity contribution in [3.8, 4) is 5.75 Å². The highest BCUT2D eigenvalue weighted by Crippen LogP contribution is 2.29. The largest absolute Gasteiger partial charge is 0.484 e. The Labute approximate surface area is 172 Å². The Hall–Kier alpha value is -2.84. The molecular weight excluding hydrogens is 388 g/mol. The first-order valence-corrected chi connectivity index (χ1v) is 10.6. The van der Waals surface area contributed by atoms with Crippen LogP contribution in [0.4, 0.5) is 16.2 Å². The zero-order valence-electron chi connectivity index (χ0n) is 15.9. The van der Waals surface area contributed by atoms with E-state index in [4.69, 9.17) is 9.47 Å². The van der Waals surface area contributed by atoms with Gasteiger partial charge in [0.25, 0.3) is 0 Å². The van der Waals surface area contributed by atoms with E-state index < -0.39 is 0 Å². The normalized spacial score (nSPS) is 17.2. The van der Waals surface area contributed by atoms with Crippen molar-refractivity contribution in [2.75, 3.05) is 49.6 Å². The van der Waals surface area contributed by atoms with Crippen molar-refractivity contribution in [1.82, 2.24) is 9.88 Å². The van der Waals surface area contributed by atoms with Crippen LogP contribution in [0.5, 0.6) is 5.75 Å². The van der Waals surface area contributed by atoms with Gasteiger partial charge in [0, 0.05) is 24.5 Å². The lowest BCUT2D eigenvalue weighted by Gasteiger charge is -2.38. The number of likely N-dealkylation sites (tertiary alicyclic amines) is 1. The van der Waals surface area contributed by atoms with Gasteiger partial charge in [-0.25, -0.2) is 9.78 Å². The number of hydrogen-bond acceptors (Lipinski definition) is 6. The standard InChI is InChI=1S/C21H22N4O3S/c26-21(23-15-3-1-4-16(11-15)24-7-9-27-10-8-24)25-12-17(13-25)28-18-5-2-6-19-20(18)22-14-29-19/h1-6,11,14,17H,7-10,12-13H2,(H,23,26). The van der Waals surface area contributed by atoms with Crippen molar-refractivity contribution in [2.24, 2.45) is 0 Å². The molecule has 0 radical (unpaired) electrons. The second kappa shape index (κ2) is 7.88. The molecule has 2 aliphatic heterocycles. The molecule has 29 heavy (non-hydrogen) atoms. The van der Waals surface area contributed by atoms with Crippen molar-refractivity contribution < 1.29 is 14.3 Å². The molecule has 0 spiro atoms. The molecule has 0 aliphatic carbocycles. The first-order chi connectivity index (χ1) is 14.3. The molecule has 1 aromatic heterocycles. The molecule has 2 aliphatic rings. The summed E-state index contributed by atoms with van der Waals surface area (Å²) in [6, 6.07) is 13.8. The van der Waals surface area contributed by atoms with Crippen LogP contribution in [0.3, 0.4) is 0 Å². The van der Waals surface area contributed by atoms with Crippen LogP contribution >= 0.6 is 11.3 Å². The molecule has 5 rings (SSSR count). The van der Waals surface area contributed by atoms with Gasteiger partial charge < -0.3 is 24.6 Å². The summed E-state index contributed by atoms with van der Waals surface area (Å²) in [5.74, 6) is 0.784. The summed E-state index contributed by atoms with van der Waals surface area (Å²) in [4.78, 5) is 21.0. The molecule has 7 nitrogen and oxygen atoms in total. The van der Waals surface area contributed by atoms with Gasteiger partial charge in [0.1, 0.15) is 17.4 Å². The van der Waals surface area contributed by atoms with Crippen molar-refractivity contribution in [2.45, 2.75) is 6.10 Å². The highest BCUT2D eigenvalue weighted by atomic mass is 32.1. The molecule has 2 aromatic carbocycles. The number of rotatable bonds is 4. The smallest absolute Gasteiger partial charge is 0.322 e. The quantitative estimate of drug-likeness (QED) is 0.714. The van der Waals surface area contributed by atoms with E-state index in [2.05, 4.69) is 21.3 Å². The van der Waals surface area contributed by atoms with Crippen molar-refractivity contribution in [3.63, 3.8) is 0 Å². The van der Waals surface area contributed by atoms with Crippen LogP contribution in [-0.2, 0) is 4.74 Å². The maximum atomic E-state index is 12.6.